The van der Waals surface area contributed by atoms with Crippen LogP contribution in [0.1, 0.15) is 43.2 Å². The predicted molar refractivity (Wildman–Crippen MR) is 122 cm³/mol. The average Bonchev–Trinajstić information content (AvgIpc) is 3.28. The second-order valence-corrected chi connectivity index (χ2v) is 8.00. The van der Waals surface area contributed by atoms with Gasteiger partial charge in [0.25, 0.3) is 0 Å². The van der Waals surface area contributed by atoms with Gasteiger partial charge >= 0.3 is 0 Å². The summed E-state index contributed by atoms with van der Waals surface area (Å²) in [4.78, 5) is 32.1. The minimum Gasteiger partial charge on any atom is -0.333 e. The summed E-state index contributed by atoms with van der Waals surface area (Å²) in [6.07, 6.45) is 4.57. The van der Waals surface area contributed by atoms with E-state index in [0.29, 0.717) is 11.7 Å². The Balaban J connectivity index is 1.84. The fourth-order valence-electron chi connectivity index (χ4n) is 3.39. The van der Waals surface area contributed by atoms with Crippen LogP contribution in [-0.4, -0.2) is 34.8 Å². The first-order chi connectivity index (χ1) is 14.7. The minimum absolute atomic E-state index is 0.0122. The molecule has 2 aromatic carbocycles. The molecule has 0 saturated heterocycles. The number of anilines is 1. The lowest BCUT2D eigenvalue weighted by Gasteiger charge is -2.27. The van der Waals surface area contributed by atoms with Crippen LogP contribution in [0.4, 0.5) is 5.13 Å². The Bertz CT molecular complexity index is 875. The van der Waals surface area contributed by atoms with Crippen molar-refractivity contribution < 1.29 is 9.59 Å². The summed E-state index contributed by atoms with van der Waals surface area (Å²) in [6, 6.07) is 19.5. The summed E-state index contributed by atoms with van der Waals surface area (Å²) in [5, 5.41) is 5.14. The zero-order chi connectivity index (χ0) is 21.2. The number of thiazole rings is 1. The van der Waals surface area contributed by atoms with E-state index in [1.165, 1.54) is 11.3 Å². The van der Waals surface area contributed by atoms with Gasteiger partial charge in [0.05, 0.1) is 12.5 Å². The molecular weight excluding hydrogens is 394 g/mol. The highest BCUT2D eigenvalue weighted by Crippen LogP contribution is 2.27. The van der Waals surface area contributed by atoms with Crippen LogP contribution in [0.5, 0.6) is 0 Å². The minimum atomic E-state index is -0.443. The molecule has 0 radical (unpaired) electrons. The van der Waals surface area contributed by atoms with Crippen LogP contribution < -0.4 is 5.32 Å². The summed E-state index contributed by atoms with van der Waals surface area (Å²) in [5.41, 5.74) is 1.85. The number of hydrogen-bond acceptors (Lipinski definition) is 4. The SMILES string of the molecule is CCCCCN(CC(=O)Nc1nccs1)C(=O)C(c1ccccc1)c1ccccc1. The van der Waals surface area contributed by atoms with Crippen molar-refractivity contribution in [3.05, 3.63) is 83.4 Å². The Morgan fingerprint density at radius 1 is 1.00 bits per heavy atom. The number of unbranched alkanes of at least 4 members (excludes halogenated alkanes) is 2. The number of amides is 2. The van der Waals surface area contributed by atoms with Crippen molar-refractivity contribution in [2.75, 3.05) is 18.4 Å². The Morgan fingerprint density at radius 3 is 2.17 bits per heavy atom. The third-order valence-electron chi connectivity index (χ3n) is 4.87. The Morgan fingerprint density at radius 2 is 1.63 bits per heavy atom. The maximum absolute atomic E-state index is 13.7. The monoisotopic (exact) mass is 421 g/mol. The first kappa shape index (κ1) is 21.7. The van der Waals surface area contributed by atoms with Crippen molar-refractivity contribution >= 4 is 28.3 Å². The molecule has 0 atom stereocenters. The molecule has 3 rings (SSSR count). The molecular formula is C24H27N3O2S. The maximum atomic E-state index is 13.7. The number of rotatable bonds is 10. The highest BCUT2D eigenvalue weighted by molar-refractivity contribution is 7.13. The number of nitrogens with zero attached hydrogens (tertiary/aromatic N) is 2. The van der Waals surface area contributed by atoms with Gasteiger partial charge in [-0.3, -0.25) is 9.59 Å². The summed E-state index contributed by atoms with van der Waals surface area (Å²) < 4.78 is 0. The number of nitrogens with one attached hydrogen (secondary N) is 1. The van der Waals surface area contributed by atoms with Crippen molar-refractivity contribution in [3.8, 4) is 0 Å². The van der Waals surface area contributed by atoms with Crippen molar-refractivity contribution in [1.82, 2.24) is 9.88 Å². The van der Waals surface area contributed by atoms with Crippen LogP contribution >= 0.6 is 11.3 Å². The highest BCUT2D eigenvalue weighted by atomic mass is 32.1. The summed E-state index contributed by atoms with van der Waals surface area (Å²) in [6.45, 7) is 2.69. The highest BCUT2D eigenvalue weighted by Gasteiger charge is 2.28. The van der Waals surface area contributed by atoms with Crippen molar-refractivity contribution in [3.63, 3.8) is 0 Å². The van der Waals surface area contributed by atoms with E-state index in [1.807, 2.05) is 60.7 Å². The van der Waals surface area contributed by atoms with Gasteiger partial charge in [-0.2, -0.15) is 0 Å². The van der Waals surface area contributed by atoms with Gasteiger partial charge in [-0.05, 0) is 17.5 Å². The molecule has 0 bridgehead atoms. The van der Waals surface area contributed by atoms with E-state index in [-0.39, 0.29) is 18.4 Å². The zero-order valence-corrected chi connectivity index (χ0v) is 18.0. The normalized spacial score (nSPS) is 10.7. The molecule has 0 aliphatic rings. The summed E-state index contributed by atoms with van der Waals surface area (Å²) in [5.74, 6) is -0.728. The number of aromatic nitrogens is 1. The Labute approximate surface area is 181 Å². The maximum Gasteiger partial charge on any atom is 0.245 e. The lowest BCUT2D eigenvalue weighted by molar-refractivity contribution is -0.135. The molecule has 2 amide bonds. The molecule has 6 heteroatoms. The molecule has 1 heterocycles. The third-order valence-corrected chi connectivity index (χ3v) is 5.56. The van der Waals surface area contributed by atoms with Gasteiger partial charge in [0, 0.05) is 18.1 Å². The van der Waals surface area contributed by atoms with E-state index in [1.54, 1.807) is 16.5 Å². The fourth-order valence-corrected chi connectivity index (χ4v) is 3.93. The van der Waals surface area contributed by atoms with Crippen molar-refractivity contribution in [1.29, 1.82) is 0 Å². The molecule has 0 unspecified atom stereocenters. The zero-order valence-electron chi connectivity index (χ0n) is 17.2. The molecule has 1 N–H and O–H groups in total. The molecule has 0 spiro atoms. The van der Waals surface area contributed by atoms with Crippen LogP contribution in [0, 0.1) is 0 Å². The first-order valence-corrected chi connectivity index (χ1v) is 11.1. The Kier molecular flexibility index (Phi) is 8.15. The Hall–Kier alpha value is -2.99. The van der Waals surface area contributed by atoms with Gasteiger partial charge in [-0.1, -0.05) is 80.4 Å². The summed E-state index contributed by atoms with van der Waals surface area (Å²) >= 11 is 1.36. The third kappa shape index (κ3) is 6.00. The topological polar surface area (TPSA) is 62.3 Å². The second kappa shape index (κ2) is 11.3. The van der Waals surface area contributed by atoms with Crippen molar-refractivity contribution in [2.24, 2.45) is 0 Å². The van der Waals surface area contributed by atoms with Crippen LogP contribution in [-0.2, 0) is 9.59 Å². The second-order valence-electron chi connectivity index (χ2n) is 7.11. The smallest absolute Gasteiger partial charge is 0.245 e. The fraction of sp³-hybridized carbons (Fsp3) is 0.292. The quantitative estimate of drug-likeness (QED) is 0.472. The van der Waals surface area contributed by atoms with Crippen LogP contribution in [0.2, 0.25) is 0 Å². The molecule has 0 saturated carbocycles. The number of benzene rings is 2. The largest absolute Gasteiger partial charge is 0.333 e. The van der Waals surface area contributed by atoms with E-state index in [9.17, 15) is 9.59 Å². The predicted octanol–water partition coefficient (Wildman–Crippen LogP) is 4.93. The molecule has 0 aliphatic carbocycles. The lowest BCUT2D eigenvalue weighted by atomic mass is 9.90. The number of carbonyl (C=O) groups excluding carboxylic acids is 2. The van der Waals surface area contributed by atoms with Crippen LogP contribution in [0.25, 0.3) is 0 Å². The number of hydrogen-bond donors (Lipinski definition) is 1. The van der Waals surface area contributed by atoms with E-state index in [2.05, 4.69) is 17.2 Å². The summed E-state index contributed by atoms with van der Waals surface area (Å²) in [7, 11) is 0. The molecule has 5 nitrogen and oxygen atoms in total. The molecule has 156 valence electrons. The lowest BCUT2D eigenvalue weighted by Crippen LogP contribution is -2.41. The molecule has 30 heavy (non-hydrogen) atoms. The molecule has 0 fully saturated rings. The molecule has 0 aliphatic heterocycles. The van der Waals surface area contributed by atoms with Crippen LogP contribution in [0.15, 0.2) is 72.2 Å². The average molecular weight is 422 g/mol. The standard InChI is InChI=1S/C24H27N3O2S/c1-2-3-10-16-27(18-21(28)26-24-25-15-17-30-24)23(29)22(19-11-6-4-7-12-19)20-13-8-5-9-14-20/h4-9,11-15,17,22H,2-3,10,16,18H2,1H3,(H,25,26,28). The van der Waals surface area contributed by atoms with Gasteiger partial charge in [0.15, 0.2) is 5.13 Å². The molecule has 1 aromatic heterocycles. The molecule has 3 aromatic rings. The van der Waals surface area contributed by atoms with Gasteiger partial charge in [0.1, 0.15) is 0 Å². The van der Waals surface area contributed by atoms with Gasteiger partial charge in [-0.15, -0.1) is 11.3 Å². The van der Waals surface area contributed by atoms with Crippen molar-refractivity contribution in [2.45, 2.75) is 32.1 Å². The van der Waals surface area contributed by atoms with E-state index < -0.39 is 5.92 Å². The first-order valence-electron chi connectivity index (χ1n) is 10.3. The number of carbonyl (C=O) groups is 2. The van der Waals surface area contributed by atoms with Gasteiger partial charge < -0.3 is 10.2 Å². The van der Waals surface area contributed by atoms with E-state index in [4.69, 9.17) is 0 Å². The van der Waals surface area contributed by atoms with Crippen LogP contribution in [0.3, 0.4) is 0 Å². The van der Waals surface area contributed by atoms with Gasteiger partial charge in [-0.25, -0.2) is 4.98 Å². The van der Waals surface area contributed by atoms with Gasteiger partial charge in [0.2, 0.25) is 11.8 Å². The van der Waals surface area contributed by atoms with E-state index in [0.717, 1.165) is 30.4 Å². The van der Waals surface area contributed by atoms with E-state index >= 15 is 0 Å².